The number of hydrogen-bond donors (Lipinski definition) is 1. The molecule has 0 bridgehead atoms. The van der Waals surface area contributed by atoms with Crippen LogP contribution in [-0.2, 0) is 9.84 Å². The fourth-order valence-corrected chi connectivity index (χ4v) is 3.44. The van der Waals surface area contributed by atoms with E-state index in [1.54, 1.807) is 12.1 Å². The molecule has 5 heteroatoms. The molecule has 1 fully saturated rings. The molecule has 0 saturated heterocycles. The maximum Gasteiger partial charge on any atom is 0.200 e. The summed E-state index contributed by atoms with van der Waals surface area (Å²) >= 11 is 0. The zero-order valence-corrected chi connectivity index (χ0v) is 10.2. The lowest BCUT2D eigenvalue weighted by atomic mass is 10.2. The molecule has 1 aliphatic carbocycles. The van der Waals surface area contributed by atoms with Crippen molar-refractivity contribution in [3.05, 3.63) is 23.8 Å². The van der Waals surface area contributed by atoms with Crippen LogP contribution in [0.1, 0.15) is 18.4 Å². The molecule has 0 heterocycles. The molecule has 2 rings (SSSR count). The molecule has 0 unspecified atom stereocenters. The SMILES string of the molecule is COc1ccc(C)cc1S(=O)(=O)C1(N)CC1. The molecular formula is C11H15NO3S. The zero-order valence-electron chi connectivity index (χ0n) is 9.36. The van der Waals surface area contributed by atoms with Gasteiger partial charge in [0.15, 0.2) is 0 Å². The summed E-state index contributed by atoms with van der Waals surface area (Å²) < 4.78 is 29.6. The molecule has 1 aromatic carbocycles. The maximum absolute atomic E-state index is 12.2. The third-order valence-corrected chi connectivity index (χ3v) is 5.26. The Labute approximate surface area is 95.3 Å². The summed E-state index contributed by atoms with van der Waals surface area (Å²) in [5, 5.41) is 0. The van der Waals surface area contributed by atoms with Crippen molar-refractivity contribution in [3.8, 4) is 5.75 Å². The van der Waals surface area contributed by atoms with E-state index in [1.807, 2.05) is 13.0 Å². The Morgan fingerprint density at radius 1 is 1.38 bits per heavy atom. The van der Waals surface area contributed by atoms with Crippen molar-refractivity contribution in [2.45, 2.75) is 29.5 Å². The smallest absolute Gasteiger partial charge is 0.200 e. The summed E-state index contributed by atoms with van der Waals surface area (Å²) in [6.45, 7) is 1.84. The van der Waals surface area contributed by atoms with Gasteiger partial charge in [-0.3, -0.25) is 0 Å². The fourth-order valence-electron chi connectivity index (χ4n) is 1.60. The molecule has 1 aliphatic rings. The number of hydrogen-bond acceptors (Lipinski definition) is 4. The molecule has 0 radical (unpaired) electrons. The summed E-state index contributed by atoms with van der Waals surface area (Å²) in [5.41, 5.74) is 6.66. The molecule has 0 amide bonds. The van der Waals surface area contributed by atoms with Gasteiger partial charge in [0.2, 0.25) is 9.84 Å². The van der Waals surface area contributed by atoms with Gasteiger partial charge >= 0.3 is 0 Å². The Bertz CT molecular complexity index is 518. The van der Waals surface area contributed by atoms with E-state index in [0.29, 0.717) is 18.6 Å². The average Bonchev–Trinajstić information content (AvgIpc) is 2.98. The van der Waals surface area contributed by atoms with Crippen LogP contribution in [0.3, 0.4) is 0 Å². The zero-order chi connectivity index (χ0) is 12.0. The molecule has 16 heavy (non-hydrogen) atoms. The van der Waals surface area contributed by atoms with Crippen LogP contribution in [0.5, 0.6) is 5.75 Å². The van der Waals surface area contributed by atoms with Gasteiger partial charge in [0, 0.05) is 0 Å². The predicted molar refractivity (Wildman–Crippen MR) is 61.1 cm³/mol. The van der Waals surface area contributed by atoms with Crippen LogP contribution in [0.4, 0.5) is 0 Å². The quantitative estimate of drug-likeness (QED) is 0.864. The van der Waals surface area contributed by atoms with Crippen LogP contribution >= 0.6 is 0 Å². The van der Waals surface area contributed by atoms with Crippen LogP contribution in [0, 0.1) is 6.92 Å². The lowest BCUT2D eigenvalue weighted by Crippen LogP contribution is -2.33. The molecule has 2 N–H and O–H groups in total. The summed E-state index contributed by atoms with van der Waals surface area (Å²) in [6, 6.07) is 5.09. The third kappa shape index (κ3) is 1.60. The first-order valence-electron chi connectivity index (χ1n) is 5.09. The van der Waals surface area contributed by atoms with Gasteiger partial charge < -0.3 is 10.5 Å². The van der Waals surface area contributed by atoms with Crippen molar-refractivity contribution in [1.82, 2.24) is 0 Å². The molecule has 88 valence electrons. The highest BCUT2D eigenvalue weighted by Crippen LogP contribution is 2.44. The molecule has 0 aromatic heterocycles. The normalized spacial score (nSPS) is 18.2. The van der Waals surface area contributed by atoms with Crippen LogP contribution < -0.4 is 10.5 Å². The van der Waals surface area contributed by atoms with Crippen molar-refractivity contribution >= 4 is 9.84 Å². The van der Waals surface area contributed by atoms with Gasteiger partial charge in [0.25, 0.3) is 0 Å². The van der Waals surface area contributed by atoms with E-state index >= 15 is 0 Å². The number of sulfone groups is 1. The van der Waals surface area contributed by atoms with Gasteiger partial charge in [-0.2, -0.15) is 0 Å². The third-order valence-electron chi connectivity index (χ3n) is 2.89. The van der Waals surface area contributed by atoms with E-state index in [-0.39, 0.29) is 4.90 Å². The Morgan fingerprint density at radius 3 is 2.50 bits per heavy atom. The lowest BCUT2D eigenvalue weighted by molar-refractivity contribution is 0.402. The Balaban J connectivity index is 2.59. The van der Waals surface area contributed by atoms with Gasteiger partial charge in [-0.05, 0) is 37.5 Å². The van der Waals surface area contributed by atoms with E-state index < -0.39 is 14.7 Å². The summed E-state index contributed by atoms with van der Waals surface area (Å²) in [4.78, 5) is -0.872. The molecule has 1 saturated carbocycles. The number of rotatable bonds is 3. The van der Waals surface area contributed by atoms with Crippen molar-refractivity contribution in [3.63, 3.8) is 0 Å². The largest absolute Gasteiger partial charge is 0.495 e. The van der Waals surface area contributed by atoms with Crippen molar-refractivity contribution < 1.29 is 13.2 Å². The van der Waals surface area contributed by atoms with E-state index in [1.165, 1.54) is 7.11 Å². The Hall–Kier alpha value is -1.07. The van der Waals surface area contributed by atoms with Gasteiger partial charge in [0.05, 0.1) is 7.11 Å². The van der Waals surface area contributed by atoms with Crippen LogP contribution in [0.15, 0.2) is 23.1 Å². The second kappa shape index (κ2) is 3.46. The minimum absolute atomic E-state index is 0.204. The number of benzene rings is 1. The van der Waals surface area contributed by atoms with E-state index in [4.69, 9.17) is 10.5 Å². The molecule has 0 atom stereocenters. The van der Waals surface area contributed by atoms with Gasteiger partial charge in [-0.1, -0.05) is 6.07 Å². The van der Waals surface area contributed by atoms with Crippen molar-refractivity contribution in [2.75, 3.05) is 7.11 Å². The number of nitrogens with two attached hydrogens (primary N) is 1. The van der Waals surface area contributed by atoms with Crippen LogP contribution in [-0.4, -0.2) is 20.4 Å². The fraction of sp³-hybridized carbons (Fsp3) is 0.455. The molecule has 4 nitrogen and oxygen atoms in total. The van der Waals surface area contributed by atoms with E-state index in [0.717, 1.165) is 5.56 Å². The monoisotopic (exact) mass is 241 g/mol. The topological polar surface area (TPSA) is 69.4 Å². The first-order valence-corrected chi connectivity index (χ1v) is 6.57. The summed E-state index contributed by atoms with van der Waals surface area (Å²) in [5.74, 6) is 0.363. The van der Waals surface area contributed by atoms with Crippen molar-refractivity contribution in [1.29, 1.82) is 0 Å². The molecule has 0 aliphatic heterocycles. The highest BCUT2D eigenvalue weighted by atomic mass is 32.2. The Kier molecular flexibility index (Phi) is 2.47. The minimum Gasteiger partial charge on any atom is -0.495 e. The van der Waals surface area contributed by atoms with E-state index in [2.05, 4.69) is 0 Å². The van der Waals surface area contributed by atoms with Gasteiger partial charge in [0.1, 0.15) is 15.5 Å². The predicted octanol–water partition coefficient (Wildman–Crippen LogP) is 1.23. The number of methoxy groups -OCH3 is 1. The molecule has 1 aromatic rings. The van der Waals surface area contributed by atoms with Gasteiger partial charge in [-0.25, -0.2) is 8.42 Å². The standard InChI is InChI=1S/C11H15NO3S/c1-8-3-4-9(15-2)10(7-8)16(13,14)11(12)5-6-11/h3-4,7H,5-6,12H2,1-2H3. The lowest BCUT2D eigenvalue weighted by Gasteiger charge is -2.14. The van der Waals surface area contributed by atoms with Crippen molar-refractivity contribution in [2.24, 2.45) is 5.73 Å². The summed E-state index contributed by atoms with van der Waals surface area (Å²) in [7, 11) is -2.02. The molecular weight excluding hydrogens is 226 g/mol. The average molecular weight is 241 g/mol. The summed E-state index contributed by atoms with van der Waals surface area (Å²) in [6.07, 6.45) is 1.04. The molecule has 0 spiro atoms. The number of aryl methyl sites for hydroxylation is 1. The van der Waals surface area contributed by atoms with Gasteiger partial charge in [-0.15, -0.1) is 0 Å². The maximum atomic E-state index is 12.2. The Morgan fingerprint density at radius 2 is 2.00 bits per heavy atom. The first kappa shape index (κ1) is 11.4. The van der Waals surface area contributed by atoms with Crippen LogP contribution in [0.2, 0.25) is 0 Å². The minimum atomic E-state index is -3.48. The highest BCUT2D eigenvalue weighted by molar-refractivity contribution is 7.93. The van der Waals surface area contributed by atoms with E-state index in [9.17, 15) is 8.42 Å². The number of ether oxygens (including phenoxy) is 1. The second-order valence-electron chi connectivity index (χ2n) is 4.22. The van der Waals surface area contributed by atoms with Crippen LogP contribution in [0.25, 0.3) is 0 Å². The first-order chi connectivity index (χ1) is 7.40. The second-order valence-corrected chi connectivity index (χ2v) is 6.48. The highest BCUT2D eigenvalue weighted by Gasteiger charge is 2.52.